The lowest BCUT2D eigenvalue weighted by Gasteiger charge is -2.28. The van der Waals surface area contributed by atoms with Crippen LogP contribution in [-0.2, 0) is 25.6 Å². The average Bonchev–Trinajstić information content (AvgIpc) is 3.29. The highest BCUT2D eigenvalue weighted by Crippen LogP contribution is 2.19. The minimum Gasteiger partial charge on any atom is -0.368 e. The van der Waals surface area contributed by atoms with Crippen molar-refractivity contribution in [3.8, 4) is 0 Å². The molecule has 27 heavy (non-hydrogen) atoms. The van der Waals surface area contributed by atoms with Crippen molar-refractivity contribution in [2.45, 2.75) is 44.3 Å². The van der Waals surface area contributed by atoms with E-state index in [4.69, 9.17) is 5.73 Å². The molecule has 3 atom stereocenters. The molecule has 1 aliphatic rings. The van der Waals surface area contributed by atoms with Crippen LogP contribution in [0.1, 0.15) is 25.5 Å². The Morgan fingerprint density at radius 2 is 2.11 bits per heavy atom. The number of carbonyl (C=O) groups excluding carboxylic acids is 4. The third kappa shape index (κ3) is 5.46. The summed E-state index contributed by atoms with van der Waals surface area (Å²) in [6.07, 6.45) is 4.29. The predicted molar refractivity (Wildman–Crippen MR) is 99.6 cm³/mol. The zero-order valence-corrected chi connectivity index (χ0v) is 15.9. The predicted octanol–water partition coefficient (Wildman–Crippen LogP) is -1.65. The molecule has 1 aromatic heterocycles. The molecule has 2 heterocycles. The fourth-order valence-corrected chi connectivity index (χ4v) is 3.29. The van der Waals surface area contributed by atoms with Gasteiger partial charge in [0.1, 0.15) is 18.1 Å². The summed E-state index contributed by atoms with van der Waals surface area (Å²) in [4.78, 5) is 56.5. The number of imidazole rings is 1. The van der Waals surface area contributed by atoms with Crippen molar-refractivity contribution < 1.29 is 19.2 Å². The average molecular weight is 396 g/mol. The lowest BCUT2D eigenvalue weighted by Crippen LogP contribution is -2.56. The molecule has 10 nitrogen and oxygen atoms in total. The number of carbonyl (C=O) groups is 4. The summed E-state index contributed by atoms with van der Waals surface area (Å²) in [5.74, 6) is -1.74. The van der Waals surface area contributed by atoms with Gasteiger partial charge < -0.3 is 26.3 Å². The number of nitrogens with two attached hydrogens (primary N) is 1. The van der Waals surface area contributed by atoms with Crippen LogP contribution in [0.3, 0.4) is 0 Å². The molecule has 1 aromatic rings. The number of aromatic nitrogens is 2. The van der Waals surface area contributed by atoms with E-state index in [0.717, 1.165) is 0 Å². The normalized spacial score (nSPS) is 18.6. The molecular weight excluding hydrogens is 372 g/mol. The van der Waals surface area contributed by atoms with Crippen LogP contribution < -0.4 is 16.4 Å². The van der Waals surface area contributed by atoms with E-state index >= 15 is 0 Å². The van der Waals surface area contributed by atoms with Crippen molar-refractivity contribution in [2.24, 2.45) is 5.73 Å². The maximum atomic E-state index is 12.7. The zero-order chi connectivity index (χ0) is 20.0. The van der Waals surface area contributed by atoms with Gasteiger partial charge >= 0.3 is 0 Å². The lowest BCUT2D eigenvalue weighted by atomic mass is 10.1. The van der Waals surface area contributed by atoms with Crippen LogP contribution in [0, 0.1) is 0 Å². The molecule has 5 N–H and O–H groups in total. The molecular formula is C16H24N6O4S. The van der Waals surface area contributed by atoms with Gasteiger partial charge in [-0.3, -0.25) is 19.2 Å². The van der Waals surface area contributed by atoms with Crippen molar-refractivity contribution in [3.63, 3.8) is 0 Å². The van der Waals surface area contributed by atoms with Gasteiger partial charge in [0.25, 0.3) is 0 Å². The van der Waals surface area contributed by atoms with Gasteiger partial charge in [0, 0.05) is 37.5 Å². The Hall–Kier alpha value is -2.56. The van der Waals surface area contributed by atoms with E-state index < -0.39 is 29.9 Å². The van der Waals surface area contributed by atoms with Crippen molar-refractivity contribution in [2.75, 3.05) is 12.3 Å². The monoisotopic (exact) mass is 396 g/mol. The Morgan fingerprint density at radius 3 is 2.67 bits per heavy atom. The molecule has 1 fully saturated rings. The van der Waals surface area contributed by atoms with E-state index in [0.29, 0.717) is 25.1 Å². The number of H-pyrrole nitrogens is 1. The fourth-order valence-electron chi connectivity index (χ4n) is 3.04. The van der Waals surface area contributed by atoms with Gasteiger partial charge in [0.2, 0.25) is 23.6 Å². The molecule has 1 aliphatic heterocycles. The Labute approximate surface area is 162 Å². The SMILES string of the molecule is CC(=O)N[C@@H](CS)C(=O)N1CCC[C@H]1C(=O)N[C@@H](Cc1cnc[nH]1)C(N)=O. The molecule has 0 aliphatic carbocycles. The van der Waals surface area contributed by atoms with E-state index in [1.54, 1.807) is 0 Å². The molecule has 0 unspecified atom stereocenters. The molecule has 148 valence electrons. The Balaban J connectivity index is 2.05. The fraction of sp³-hybridized carbons (Fsp3) is 0.562. The standard InChI is InChI=1S/C16H24N6O4S/c1-9(23)20-12(7-27)16(26)22-4-2-3-13(22)15(25)21-11(14(17)24)5-10-6-18-8-19-10/h6,8,11-13,27H,2-5,7H2,1H3,(H2,17,24)(H,18,19)(H,20,23)(H,21,25)/t11-,12-,13-/m0/s1. The molecule has 0 saturated carbocycles. The molecule has 2 rings (SSSR count). The van der Waals surface area contributed by atoms with Crippen molar-refractivity contribution in [1.29, 1.82) is 0 Å². The van der Waals surface area contributed by atoms with Gasteiger partial charge in [-0.1, -0.05) is 0 Å². The number of hydrogen-bond acceptors (Lipinski definition) is 6. The van der Waals surface area contributed by atoms with Crippen LogP contribution >= 0.6 is 12.6 Å². The molecule has 0 radical (unpaired) electrons. The number of nitrogens with zero attached hydrogens (tertiary/aromatic N) is 2. The first-order valence-corrected chi connectivity index (χ1v) is 9.22. The van der Waals surface area contributed by atoms with Crippen LogP contribution in [0.15, 0.2) is 12.5 Å². The van der Waals surface area contributed by atoms with Crippen molar-refractivity contribution in [1.82, 2.24) is 25.5 Å². The summed E-state index contributed by atoms with van der Waals surface area (Å²) in [5, 5.41) is 5.15. The van der Waals surface area contributed by atoms with Crippen LogP contribution in [0.25, 0.3) is 0 Å². The van der Waals surface area contributed by atoms with E-state index in [-0.39, 0.29) is 24.0 Å². The largest absolute Gasteiger partial charge is 0.368 e. The second-order valence-electron chi connectivity index (χ2n) is 6.37. The van der Waals surface area contributed by atoms with Crippen molar-refractivity contribution in [3.05, 3.63) is 18.2 Å². The van der Waals surface area contributed by atoms with E-state index in [1.165, 1.54) is 24.3 Å². The maximum absolute atomic E-state index is 12.7. The lowest BCUT2D eigenvalue weighted by molar-refractivity contribution is -0.141. The van der Waals surface area contributed by atoms with Gasteiger partial charge in [-0.15, -0.1) is 0 Å². The number of rotatable bonds is 8. The highest BCUT2D eigenvalue weighted by Gasteiger charge is 2.38. The number of likely N-dealkylation sites (tertiary alicyclic amines) is 1. The van der Waals surface area contributed by atoms with Crippen molar-refractivity contribution >= 4 is 36.3 Å². The first-order valence-electron chi connectivity index (χ1n) is 8.58. The first-order chi connectivity index (χ1) is 12.8. The smallest absolute Gasteiger partial charge is 0.246 e. The number of hydrogen-bond donors (Lipinski definition) is 5. The summed E-state index contributed by atoms with van der Waals surface area (Å²) in [7, 11) is 0. The minimum absolute atomic E-state index is 0.118. The summed E-state index contributed by atoms with van der Waals surface area (Å²) >= 11 is 4.10. The number of thiol groups is 1. The van der Waals surface area contributed by atoms with Crippen LogP contribution in [0.5, 0.6) is 0 Å². The zero-order valence-electron chi connectivity index (χ0n) is 15.0. The number of aromatic amines is 1. The Morgan fingerprint density at radius 1 is 1.37 bits per heavy atom. The Bertz CT molecular complexity index is 695. The number of nitrogens with one attached hydrogen (secondary N) is 3. The van der Waals surface area contributed by atoms with Gasteiger partial charge in [0.15, 0.2) is 0 Å². The van der Waals surface area contributed by atoms with E-state index in [1.807, 2.05) is 0 Å². The van der Waals surface area contributed by atoms with Gasteiger partial charge in [0.05, 0.1) is 6.33 Å². The molecule has 1 saturated heterocycles. The molecule has 0 bridgehead atoms. The van der Waals surface area contributed by atoms with Gasteiger partial charge in [-0.05, 0) is 12.8 Å². The molecule has 0 aromatic carbocycles. The third-order valence-electron chi connectivity index (χ3n) is 4.34. The third-order valence-corrected chi connectivity index (χ3v) is 4.70. The number of primary amides is 1. The molecule has 0 spiro atoms. The molecule has 11 heteroatoms. The van der Waals surface area contributed by atoms with Gasteiger partial charge in [-0.2, -0.15) is 12.6 Å². The second kappa shape index (κ2) is 9.40. The minimum atomic E-state index is -0.925. The highest BCUT2D eigenvalue weighted by atomic mass is 32.1. The van der Waals surface area contributed by atoms with Crippen LogP contribution in [0.2, 0.25) is 0 Å². The van der Waals surface area contributed by atoms with Crippen LogP contribution in [0.4, 0.5) is 0 Å². The number of amides is 4. The van der Waals surface area contributed by atoms with Crippen LogP contribution in [-0.4, -0.2) is 68.9 Å². The summed E-state index contributed by atoms with van der Waals surface area (Å²) in [6, 6.07) is -2.46. The maximum Gasteiger partial charge on any atom is 0.246 e. The first kappa shape index (κ1) is 20.7. The highest BCUT2D eigenvalue weighted by molar-refractivity contribution is 7.80. The topological polar surface area (TPSA) is 150 Å². The summed E-state index contributed by atoms with van der Waals surface area (Å²) in [5.41, 5.74) is 6.05. The quantitative estimate of drug-likeness (QED) is 0.334. The second-order valence-corrected chi connectivity index (χ2v) is 6.74. The summed E-state index contributed by atoms with van der Waals surface area (Å²) in [6.45, 7) is 1.70. The van der Waals surface area contributed by atoms with E-state index in [2.05, 4.69) is 33.2 Å². The summed E-state index contributed by atoms with van der Waals surface area (Å²) < 4.78 is 0. The van der Waals surface area contributed by atoms with Gasteiger partial charge in [-0.25, -0.2) is 4.98 Å². The van der Waals surface area contributed by atoms with E-state index in [9.17, 15) is 19.2 Å². The Kier molecular flexibility index (Phi) is 7.22. The molecule has 4 amide bonds.